The highest BCUT2D eigenvalue weighted by Gasteiger charge is 2.20. The van der Waals surface area contributed by atoms with E-state index in [2.05, 4.69) is 22.9 Å². The minimum atomic E-state index is -0.234. The van der Waals surface area contributed by atoms with E-state index in [1.54, 1.807) is 32.4 Å². The van der Waals surface area contributed by atoms with Crippen molar-refractivity contribution in [1.29, 1.82) is 0 Å². The third-order valence-electron chi connectivity index (χ3n) is 6.05. The van der Waals surface area contributed by atoms with E-state index in [0.29, 0.717) is 17.1 Å². The van der Waals surface area contributed by atoms with Gasteiger partial charge in [-0.05, 0) is 43.7 Å². The van der Waals surface area contributed by atoms with E-state index in [0.717, 1.165) is 29.8 Å². The zero-order chi connectivity index (χ0) is 23.6. The van der Waals surface area contributed by atoms with Crippen molar-refractivity contribution >= 4 is 16.9 Å². The zero-order valence-corrected chi connectivity index (χ0v) is 20.4. The molecule has 1 heterocycles. The second-order valence-electron chi connectivity index (χ2n) is 8.50. The molecule has 0 saturated heterocycles. The van der Waals surface area contributed by atoms with Crippen molar-refractivity contribution < 1.29 is 14.3 Å². The van der Waals surface area contributed by atoms with Crippen LogP contribution < -0.4 is 14.8 Å². The molecule has 1 atom stereocenters. The number of methoxy groups -OCH3 is 2. The van der Waals surface area contributed by atoms with Gasteiger partial charge in [-0.25, -0.2) is 4.98 Å². The average Bonchev–Trinajstić information content (AvgIpc) is 3.21. The monoisotopic (exact) mass is 451 g/mol. The number of fused-ring (bicyclic) bond motifs is 1. The third-order valence-corrected chi connectivity index (χ3v) is 6.05. The maximum Gasteiger partial charge on any atom is 0.251 e. The van der Waals surface area contributed by atoms with Crippen LogP contribution in [0.15, 0.2) is 42.5 Å². The number of imidazole rings is 1. The van der Waals surface area contributed by atoms with E-state index in [-0.39, 0.29) is 11.9 Å². The lowest BCUT2D eigenvalue weighted by Gasteiger charge is -2.17. The molecule has 6 nitrogen and oxygen atoms in total. The molecule has 0 fully saturated rings. The third kappa shape index (κ3) is 6.28. The molecule has 1 aromatic heterocycles. The maximum absolute atomic E-state index is 13.0. The fraction of sp³-hybridized carbons (Fsp3) is 0.481. The fourth-order valence-electron chi connectivity index (χ4n) is 4.21. The topological polar surface area (TPSA) is 65.4 Å². The highest BCUT2D eigenvalue weighted by Crippen LogP contribution is 2.28. The molecule has 3 aromatic rings. The van der Waals surface area contributed by atoms with Crippen molar-refractivity contribution in [3.05, 3.63) is 53.9 Å². The van der Waals surface area contributed by atoms with Crippen LogP contribution in [0.3, 0.4) is 0 Å². The van der Waals surface area contributed by atoms with Crippen molar-refractivity contribution in [3.8, 4) is 11.5 Å². The van der Waals surface area contributed by atoms with Gasteiger partial charge in [-0.3, -0.25) is 4.79 Å². The molecular formula is C27H37N3O3. The van der Waals surface area contributed by atoms with Gasteiger partial charge in [0.25, 0.3) is 5.91 Å². The summed E-state index contributed by atoms with van der Waals surface area (Å²) in [6.07, 6.45) is 8.83. The van der Waals surface area contributed by atoms with Crippen LogP contribution in [-0.2, 0) is 6.54 Å². The van der Waals surface area contributed by atoms with E-state index in [4.69, 9.17) is 14.5 Å². The molecular weight excluding hydrogens is 414 g/mol. The first-order chi connectivity index (χ1) is 16.1. The summed E-state index contributed by atoms with van der Waals surface area (Å²) in [6, 6.07) is 13.1. The van der Waals surface area contributed by atoms with Crippen molar-refractivity contribution in [2.45, 2.75) is 71.4 Å². The number of nitrogens with zero attached hydrogens (tertiary/aromatic N) is 2. The van der Waals surface area contributed by atoms with E-state index < -0.39 is 0 Å². The SMILES string of the molecule is CCCCCCCCCn1c(C(C)NC(=O)c2ccc(OC)c(OC)c2)nc2ccccc21. The first kappa shape index (κ1) is 24.6. The summed E-state index contributed by atoms with van der Waals surface area (Å²) in [7, 11) is 3.14. The molecule has 1 amide bonds. The largest absolute Gasteiger partial charge is 0.493 e. The van der Waals surface area contributed by atoms with E-state index in [9.17, 15) is 4.79 Å². The van der Waals surface area contributed by atoms with Crippen molar-refractivity contribution in [2.75, 3.05) is 14.2 Å². The second kappa shape index (κ2) is 12.3. The van der Waals surface area contributed by atoms with E-state index >= 15 is 0 Å². The highest BCUT2D eigenvalue weighted by atomic mass is 16.5. The van der Waals surface area contributed by atoms with Gasteiger partial charge in [-0.15, -0.1) is 0 Å². The molecule has 1 N–H and O–H groups in total. The zero-order valence-electron chi connectivity index (χ0n) is 20.4. The average molecular weight is 452 g/mol. The van der Waals surface area contributed by atoms with Gasteiger partial charge in [0, 0.05) is 12.1 Å². The van der Waals surface area contributed by atoms with Crippen molar-refractivity contribution in [1.82, 2.24) is 14.9 Å². The first-order valence-corrected chi connectivity index (χ1v) is 12.1. The number of benzene rings is 2. The molecule has 0 spiro atoms. The number of unbranched alkanes of at least 4 members (excludes halogenated alkanes) is 6. The summed E-state index contributed by atoms with van der Waals surface area (Å²) >= 11 is 0. The molecule has 0 bridgehead atoms. The fourth-order valence-corrected chi connectivity index (χ4v) is 4.21. The quantitative estimate of drug-likeness (QED) is 0.310. The van der Waals surface area contributed by atoms with Gasteiger partial charge in [0.05, 0.1) is 31.3 Å². The minimum Gasteiger partial charge on any atom is -0.493 e. The van der Waals surface area contributed by atoms with Crippen LogP contribution in [0.2, 0.25) is 0 Å². The van der Waals surface area contributed by atoms with Gasteiger partial charge >= 0.3 is 0 Å². The lowest BCUT2D eigenvalue weighted by Crippen LogP contribution is -2.28. The molecule has 178 valence electrons. The number of rotatable bonds is 13. The number of para-hydroxylation sites is 2. The van der Waals surface area contributed by atoms with Gasteiger partial charge in [0.15, 0.2) is 11.5 Å². The Hall–Kier alpha value is -3.02. The molecule has 0 radical (unpaired) electrons. The standard InChI is InChI=1S/C27H37N3O3/c1-5-6-7-8-9-10-13-18-30-23-15-12-11-14-22(23)29-26(30)20(2)28-27(31)21-16-17-24(32-3)25(19-21)33-4/h11-12,14-17,19-20H,5-10,13,18H2,1-4H3,(H,28,31). The number of carbonyl (C=O) groups is 1. The number of ether oxygens (including phenoxy) is 2. The van der Waals surface area contributed by atoms with Gasteiger partial charge in [-0.1, -0.05) is 57.6 Å². The summed E-state index contributed by atoms with van der Waals surface area (Å²) in [5.41, 5.74) is 2.60. The molecule has 0 aliphatic heterocycles. The number of carbonyl (C=O) groups excluding carboxylic acids is 1. The van der Waals surface area contributed by atoms with Crippen molar-refractivity contribution in [2.24, 2.45) is 0 Å². The van der Waals surface area contributed by atoms with Gasteiger partial charge < -0.3 is 19.4 Å². The smallest absolute Gasteiger partial charge is 0.251 e. The van der Waals surface area contributed by atoms with Crippen LogP contribution in [0.5, 0.6) is 11.5 Å². The van der Waals surface area contributed by atoms with Crippen LogP contribution in [0.4, 0.5) is 0 Å². The highest BCUT2D eigenvalue weighted by molar-refractivity contribution is 5.95. The summed E-state index contributed by atoms with van der Waals surface area (Å²) in [4.78, 5) is 17.8. The summed E-state index contributed by atoms with van der Waals surface area (Å²) in [6.45, 7) is 5.14. The van der Waals surface area contributed by atoms with Gasteiger partial charge in [0.2, 0.25) is 0 Å². The predicted molar refractivity (Wildman–Crippen MR) is 133 cm³/mol. The molecule has 0 aliphatic rings. The van der Waals surface area contributed by atoms with Gasteiger partial charge in [-0.2, -0.15) is 0 Å². The molecule has 2 aromatic carbocycles. The Labute approximate surface area is 197 Å². The number of aromatic nitrogens is 2. The van der Waals surface area contributed by atoms with E-state index in [1.807, 2.05) is 25.1 Å². The summed E-state index contributed by atoms with van der Waals surface area (Å²) in [5, 5.41) is 3.11. The van der Waals surface area contributed by atoms with Gasteiger partial charge in [0.1, 0.15) is 5.82 Å². The van der Waals surface area contributed by atoms with Crippen LogP contribution in [0.1, 0.15) is 81.0 Å². The summed E-state index contributed by atoms with van der Waals surface area (Å²) in [5.74, 6) is 1.84. The van der Waals surface area contributed by atoms with Crippen molar-refractivity contribution in [3.63, 3.8) is 0 Å². The molecule has 0 aliphatic carbocycles. The Morgan fingerprint density at radius 3 is 2.39 bits per heavy atom. The number of nitrogens with one attached hydrogen (secondary N) is 1. The lowest BCUT2D eigenvalue weighted by atomic mass is 10.1. The molecule has 1 unspecified atom stereocenters. The summed E-state index contributed by atoms with van der Waals surface area (Å²) < 4.78 is 12.9. The van der Waals surface area contributed by atoms with Crippen LogP contribution in [0.25, 0.3) is 11.0 Å². The Morgan fingerprint density at radius 2 is 1.67 bits per heavy atom. The minimum absolute atomic E-state index is 0.169. The molecule has 3 rings (SSSR count). The molecule has 33 heavy (non-hydrogen) atoms. The maximum atomic E-state index is 13.0. The normalized spacial score (nSPS) is 12.0. The second-order valence-corrected chi connectivity index (χ2v) is 8.50. The Bertz CT molecular complexity index is 1040. The van der Waals surface area contributed by atoms with E-state index in [1.165, 1.54) is 38.5 Å². The number of hydrogen-bond acceptors (Lipinski definition) is 4. The Morgan fingerprint density at radius 1 is 0.970 bits per heavy atom. The number of amides is 1. The number of aryl methyl sites for hydroxylation is 1. The van der Waals surface area contributed by atoms with Crippen LogP contribution in [0, 0.1) is 0 Å². The first-order valence-electron chi connectivity index (χ1n) is 12.1. The lowest BCUT2D eigenvalue weighted by molar-refractivity contribution is 0.0937. The Balaban J connectivity index is 1.71. The predicted octanol–water partition coefficient (Wildman–Crippen LogP) is 6.30. The Kier molecular flexibility index (Phi) is 9.16. The van der Waals surface area contributed by atoms with Crippen LogP contribution >= 0.6 is 0 Å². The molecule has 0 saturated carbocycles. The van der Waals surface area contributed by atoms with Crippen LogP contribution in [-0.4, -0.2) is 29.7 Å². The molecule has 6 heteroatoms. The number of hydrogen-bond donors (Lipinski definition) is 1.